The minimum Gasteiger partial charge on any atom is -0.487 e. The number of carbonyl (C=O) groups excluding carboxylic acids is 1. The Balaban J connectivity index is 2.95. The van der Waals surface area contributed by atoms with Gasteiger partial charge >= 0.3 is 5.69 Å². The fraction of sp³-hybridized carbons (Fsp3) is 0.417. The monoisotopic (exact) mass is 267 g/mol. The van der Waals surface area contributed by atoms with Crippen LogP contribution in [0.1, 0.15) is 13.3 Å². The van der Waals surface area contributed by atoms with Crippen molar-refractivity contribution < 1.29 is 14.5 Å². The highest BCUT2D eigenvalue weighted by atomic mass is 16.6. The molecule has 0 aromatic heterocycles. The van der Waals surface area contributed by atoms with E-state index in [1.807, 2.05) is 6.92 Å². The highest BCUT2D eigenvalue weighted by molar-refractivity contribution is 5.82. The fourth-order valence-electron chi connectivity index (χ4n) is 1.45. The third-order valence-corrected chi connectivity index (χ3v) is 2.36. The first-order valence-electron chi connectivity index (χ1n) is 5.94. The van der Waals surface area contributed by atoms with Gasteiger partial charge < -0.3 is 15.4 Å². The number of carbonyl (C=O) groups is 1. The maximum Gasteiger partial charge on any atom is 0.333 e. The first kappa shape index (κ1) is 14.7. The predicted molar refractivity (Wildman–Crippen MR) is 71.4 cm³/mol. The average Bonchev–Trinajstić information content (AvgIpc) is 2.41. The van der Waals surface area contributed by atoms with Crippen LogP contribution in [0.15, 0.2) is 18.2 Å². The summed E-state index contributed by atoms with van der Waals surface area (Å²) in [6.45, 7) is 2.29. The largest absolute Gasteiger partial charge is 0.487 e. The Morgan fingerprint density at radius 1 is 1.47 bits per heavy atom. The Morgan fingerprint density at radius 2 is 2.21 bits per heavy atom. The second kappa shape index (κ2) is 7.20. The van der Waals surface area contributed by atoms with E-state index in [0.29, 0.717) is 6.61 Å². The summed E-state index contributed by atoms with van der Waals surface area (Å²) in [5, 5.41) is 16.3. The van der Waals surface area contributed by atoms with Crippen molar-refractivity contribution in [2.24, 2.45) is 0 Å². The van der Waals surface area contributed by atoms with Crippen molar-refractivity contribution in [2.45, 2.75) is 13.3 Å². The molecular formula is C12H17N3O4. The van der Waals surface area contributed by atoms with E-state index in [0.717, 1.165) is 6.42 Å². The molecule has 1 rings (SSSR count). The second-order valence-electron chi connectivity index (χ2n) is 3.78. The highest BCUT2D eigenvalue weighted by Gasteiger charge is 2.21. The molecule has 19 heavy (non-hydrogen) atoms. The van der Waals surface area contributed by atoms with Crippen molar-refractivity contribution in [3.63, 3.8) is 0 Å². The van der Waals surface area contributed by atoms with E-state index < -0.39 is 4.92 Å². The number of ether oxygens (including phenoxy) is 1. The maximum absolute atomic E-state index is 11.1. The van der Waals surface area contributed by atoms with Crippen LogP contribution in [0.5, 0.6) is 5.75 Å². The number of nitrogens with zero attached hydrogens (tertiary/aromatic N) is 1. The number of nitro groups is 1. The first-order valence-corrected chi connectivity index (χ1v) is 5.94. The molecule has 0 spiro atoms. The number of amides is 1. The molecule has 0 heterocycles. The third kappa shape index (κ3) is 4.13. The van der Waals surface area contributed by atoms with Crippen LogP contribution in [0.25, 0.3) is 0 Å². The zero-order chi connectivity index (χ0) is 14.3. The number of nitrogens with one attached hydrogen (secondary N) is 2. The Labute approximate surface area is 111 Å². The summed E-state index contributed by atoms with van der Waals surface area (Å²) >= 11 is 0. The lowest BCUT2D eigenvalue weighted by Gasteiger charge is -2.10. The second-order valence-corrected chi connectivity index (χ2v) is 3.78. The average molecular weight is 267 g/mol. The van der Waals surface area contributed by atoms with E-state index in [1.54, 1.807) is 18.2 Å². The Hall–Kier alpha value is -2.31. The lowest BCUT2D eigenvalue weighted by molar-refractivity contribution is -0.384. The molecule has 0 aliphatic carbocycles. The van der Waals surface area contributed by atoms with Gasteiger partial charge in [-0.05, 0) is 18.6 Å². The van der Waals surface area contributed by atoms with E-state index in [2.05, 4.69) is 10.6 Å². The van der Waals surface area contributed by atoms with Crippen LogP contribution >= 0.6 is 0 Å². The van der Waals surface area contributed by atoms with E-state index in [9.17, 15) is 14.9 Å². The quantitative estimate of drug-likeness (QED) is 0.577. The molecule has 0 saturated carbocycles. The van der Waals surface area contributed by atoms with E-state index in [-0.39, 0.29) is 29.6 Å². The zero-order valence-corrected chi connectivity index (χ0v) is 10.9. The van der Waals surface area contributed by atoms with Gasteiger partial charge in [0.25, 0.3) is 0 Å². The van der Waals surface area contributed by atoms with E-state index in [4.69, 9.17) is 4.74 Å². The minimum atomic E-state index is -0.517. The minimum absolute atomic E-state index is 0.0332. The Bertz CT molecular complexity index is 462. The molecule has 0 saturated heterocycles. The van der Waals surface area contributed by atoms with Crippen LogP contribution in [-0.4, -0.2) is 31.0 Å². The van der Waals surface area contributed by atoms with Crippen LogP contribution in [-0.2, 0) is 4.79 Å². The zero-order valence-electron chi connectivity index (χ0n) is 10.9. The number of hydrogen-bond acceptors (Lipinski definition) is 5. The van der Waals surface area contributed by atoms with Gasteiger partial charge in [-0.2, -0.15) is 0 Å². The van der Waals surface area contributed by atoms with Gasteiger partial charge in [0.05, 0.1) is 18.1 Å². The Morgan fingerprint density at radius 3 is 2.79 bits per heavy atom. The maximum atomic E-state index is 11.1. The molecule has 0 fully saturated rings. The third-order valence-electron chi connectivity index (χ3n) is 2.36. The standard InChI is InChI=1S/C12H17N3O4/c1-3-7-19-10-6-4-5-9(12(10)15(17)18)14-8-11(16)13-2/h4-6,14H,3,7-8H2,1-2H3,(H,13,16). The molecule has 0 aliphatic rings. The van der Waals surface area contributed by atoms with Crippen LogP contribution < -0.4 is 15.4 Å². The topological polar surface area (TPSA) is 93.5 Å². The summed E-state index contributed by atoms with van der Waals surface area (Å²) in [6.07, 6.45) is 0.757. The van der Waals surface area contributed by atoms with Gasteiger partial charge in [0.2, 0.25) is 5.91 Å². The van der Waals surface area contributed by atoms with Crippen molar-refractivity contribution in [3.05, 3.63) is 28.3 Å². The number of benzene rings is 1. The molecule has 7 nitrogen and oxygen atoms in total. The van der Waals surface area contributed by atoms with Gasteiger partial charge in [0.15, 0.2) is 5.75 Å². The predicted octanol–water partition coefficient (Wildman–Crippen LogP) is 1.54. The SMILES string of the molecule is CCCOc1cccc(NCC(=O)NC)c1[N+](=O)[O-]. The molecule has 0 bridgehead atoms. The molecular weight excluding hydrogens is 250 g/mol. The smallest absolute Gasteiger partial charge is 0.333 e. The molecule has 1 aromatic rings. The normalized spacial score (nSPS) is 9.79. The van der Waals surface area contributed by atoms with Crippen molar-refractivity contribution in [1.82, 2.24) is 5.32 Å². The molecule has 1 amide bonds. The van der Waals surface area contributed by atoms with E-state index >= 15 is 0 Å². The van der Waals surface area contributed by atoms with E-state index in [1.165, 1.54) is 7.05 Å². The van der Waals surface area contributed by atoms with Crippen molar-refractivity contribution >= 4 is 17.3 Å². The van der Waals surface area contributed by atoms with Gasteiger partial charge in [-0.15, -0.1) is 0 Å². The highest BCUT2D eigenvalue weighted by Crippen LogP contribution is 2.34. The lowest BCUT2D eigenvalue weighted by atomic mass is 10.2. The molecule has 1 aromatic carbocycles. The van der Waals surface area contributed by atoms with Crippen LogP contribution in [0.4, 0.5) is 11.4 Å². The summed E-state index contributed by atoms with van der Waals surface area (Å²) in [7, 11) is 1.50. The van der Waals surface area contributed by atoms with Gasteiger partial charge in [-0.1, -0.05) is 13.0 Å². The molecule has 0 atom stereocenters. The summed E-state index contributed by atoms with van der Waals surface area (Å²) in [6, 6.07) is 4.73. The summed E-state index contributed by atoms with van der Waals surface area (Å²) in [5.41, 5.74) is 0.113. The van der Waals surface area contributed by atoms with Gasteiger partial charge in [0.1, 0.15) is 5.69 Å². The summed E-state index contributed by atoms with van der Waals surface area (Å²) in [5.74, 6) is -0.0528. The van der Waals surface area contributed by atoms with Gasteiger partial charge in [0, 0.05) is 7.05 Å². The fourth-order valence-corrected chi connectivity index (χ4v) is 1.45. The molecule has 7 heteroatoms. The van der Waals surface area contributed by atoms with Crippen LogP contribution in [0, 0.1) is 10.1 Å². The number of nitro benzene ring substituents is 1. The molecule has 2 N–H and O–H groups in total. The summed E-state index contributed by atoms with van der Waals surface area (Å²) in [4.78, 5) is 21.7. The Kier molecular flexibility index (Phi) is 5.59. The number of rotatable bonds is 7. The summed E-state index contributed by atoms with van der Waals surface area (Å²) < 4.78 is 5.34. The number of anilines is 1. The van der Waals surface area contributed by atoms with Crippen LogP contribution in [0.2, 0.25) is 0 Å². The number of hydrogen-bond donors (Lipinski definition) is 2. The molecule has 104 valence electrons. The molecule has 0 aliphatic heterocycles. The van der Waals surface area contributed by atoms with Crippen molar-refractivity contribution in [3.8, 4) is 5.75 Å². The number of likely N-dealkylation sites (N-methyl/N-ethyl adjacent to an activating group) is 1. The lowest BCUT2D eigenvalue weighted by Crippen LogP contribution is -2.26. The first-order chi connectivity index (χ1) is 9.10. The van der Waals surface area contributed by atoms with Crippen molar-refractivity contribution in [2.75, 3.05) is 25.5 Å². The van der Waals surface area contributed by atoms with Gasteiger partial charge in [-0.25, -0.2) is 0 Å². The molecule has 0 unspecified atom stereocenters. The molecule has 0 radical (unpaired) electrons. The van der Waals surface area contributed by atoms with Gasteiger partial charge in [-0.3, -0.25) is 14.9 Å². The van der Waals surface area contributed by atoms with Crippen LogP contribution in [0.3, 0.4) is 0 Å². The van der Waals surface area contributed by atoms with Crippen molar-refractivity contribution in [1.29, 1.82) is 0 Å². The number of para-hydroxylation sites is 1.